The number of benzene rings is 3. The average Bonchev–Trinajstić information content (AvgIpc) is 2.81. The van der Waals surface area contributed by atoms with E-state index in [1.807, 2.05) is 81.4 Å². The van der Waals surface area contributed by atoms with Crippen LogP contribution >= 0.6 is 11.6 Å². The summed E-state index contributed by atoms with van der Waals surface area (Å²) in [5.74, 6) is 0.177. The molecule has 3 rings (SSSR count). The second kappa shape index (κ2) is 12.2. The van der Waals surface area contributed by atoms with Crippen molar-refractivity contribution in [2.75, 3.05) is 13.2 Å². The maximum Gasteiger partial charge on any atom is 0.261 e. The molecule has 178 valence electrons. The first-order valence-corrected chi connectivity index (χ1v) is 11.8. The molecule has 0 aromatic heterocycles. The molecule has 34 heavy (non-hydrogen) atoms. The molecule has 0 spiro atoms. The number of carbonyl (C=O) groups excluding carboxylic acids is 2. The van der Waals surface area contributed by atoms with E-state index in [0.29, 0.717) is 23.7 Å². The molecule has 1 atom stereocenters. The molecule has 0 saturated carbocycles. The van der Waals surface area contributed by atoms with Gasteiger partial charge in [0.1, 0.15) is 11.8 Å². The predicted octanol–water partition coefficient (Wildman–Crippen LogP) is 5.11. The number of hydrogen-bond acceptors (Lipinski definition) is 3. The fourth-order valence-electron chi connectivity index (χ4n) is 3.88. The van der Waals surface area contributed by atoms with Gasteiger partial charge in [-0.15, -0.1) is 0 Å². The van der Waals surface area contributed by atoms with E-state index in [4.69, 9.17) is 16.3 Å². The summed E-state index contributed by atoms with van der Waals surface area (Å²) >= 11 is 6.05. The van der Waals surface area contributed by atoms with E-state index in [-0.39, 0.29) is 25.0 Å². The van der Waals surface area contributed by atoms with Crippen molar-refractivity contribution in [1.29, 1.82) is 0 Å². The molecule has 0 saturated heterocycles. The highest BCUT2D eigenvalue weighted by Crippen LogP contribution is 2.19. The van der Waals surface area contributed by atoms with Crippen molar-refractivity contribution in [3.05, 3.63) is 100 Å². The van der Waals surface area contributed by atoms with Gasteiger partial charge in [-0.1, -0.05) is 60.1 Å². The number of likely N-dealkylation sites (N-methyl/N-ethyl adjacent to an activating group) is 1. The fourth-order valence-corrected chi connectivity index (χ4v) is 4.00. The van der Waals surface area contributed by atoms with Crippen LogP contribution in [0.2, 0.25) is 5.02 Å². The van der Waals surface area contributed by atoms with Crippen molar-refractivity contribution in [3.63, 3.8) is 0 Å². The van der Waals surface area contributed by atoms with Crippen LogP contribution in [0.5, 0.6) is 5.75 Å². The smallest absolute Gasteiger partial charge is 0.261 e. The zero-order chi connectivity index (χ0) is 24.5. The highest BCUT2D eigenvalue weighted by molar-refractivity contribution is 6.30. The molecule has 0 aliphatic rings. The number of nitrogens with zero attached hydrogens (tertiary/aromatic N) is 1. The van der Waals surface area contributed by atoms with Gasteiger partial charge in [-0.25, -0.2) is 0 Å². The Bertz CT molecular complexity index is 1080. The van der Waals surface area contributed by atoms with Crippen molar-refractivity contribution in [1.82, 2.24) is 10.2 Å². The van der Waals surface area contributed by atoms with Gasteiger partial charge < -0.3 is 15.0 Å². The molecule has 5 nitrogen and oxygen atoms in total. The molecule has 1 N–H and O–H groups in total. The highest BCUT2D eigenvalue weighted by atomic mass is 35.5. The lowest BCUT2D eigenvalue weighted by molar-refractivity contribution is -0.142. The van der Waals surface area contributed by atoms with Crippen LogP contribution < -0.4 is 10.1 Å². The van der Waals surface area contributed by atoms with Gasteiger partial charge in [0, 0.05) is 24.5 Å². The summed E-state index contributed by atoms with van der Waals surface area (Å²) < 4.78 is 5.86. The van der Waals surface area contributed by atoms with E-state index in [9.17, 15) is 9.59 Å². The summed E-state index contributed by atoms with van der Waals surface area (Å²) in [6, 6.07) is 22.2. The van der Waals surface area contributed by atoms with Crippen LogP contribution in [0, 0.1) is 13.8 Å². The number of amides is 2. The molecular weight excluding hydrogens is 448 g/mol. The Hall–Kier alpha value is -3.31. The molecule has 0 heterocycles. The summed E-state index contributed by atoms with van der Waals surface area (Å²) in [5, 5.41) is 3.51. The van der Waals surface area contributed by atoms with Crippen LogP contribution in [0.1, 0.15) is 29.2 Å². The Morgan fingerprint density at radius 2 is 1.59 bits per heavy atom. The maximum atomic E-state index is 13.5. The van der Waals surface area contributed by atoms with Crippen molar-refractivity contribution >= 4 is 23.4 Å². The highest BCUT2D eigenvalue weighted by Gasteiger charge is 2.30. The third-order valence-corrected chi connectivity index (χ3v) is 5.70. The van der Waals surface area contributed by atoms with Gasteiger partial charge in [-0.2, -0.15) is 0 Å². The van der Waals surface area contributed by atoms with Gasteiger partial charge in [0.2, 0.25) is 5.91 Å². The molecule has 3 aromatic carbocycles. The van der Waals surface area contributed by atoms with Crippen LogP contribution in [-0.2, 0) is 22.6 Å². The Morgan fingerprint density at radius 3 is 2.21 bits per heavy atom. The lowest BCUT2D eigenvalue weighted by atomic mass is 10.0. The van der Waals surface area contributed by atoms with E-state index in [1.165, 1.54) is 0 Å². The van der Waals surface area contributed by atoms with Crippen molar-refractivity contribution < 1.29 is 14.3 Å². The van der Waals surface area contributed by atoms with Crippen LogP contribution in [0.25, 0.3) is 0 Å². The van der Waals surface area contributed by atoms with Crippen molar-refractivity contribution in [2.24, 2.45) is 0 Å². The summed E-state index contributed by atoms with van der Waals surface area (Å²) in [7, 11) is 0. The van der Waals surface area contributed by atoms with Gasteiger partial charge in [0.05, 0.1) is 0 Å². The van der Waals surface area contributed by atoms with Crippen LogP contribution in [-0.4, -0.2) is 35.9 Å². The minimum absolute atomic E-state index is 0.165. The number of nitrogens with one attached hydrogen (secondary N) is 1. The largest absolute Gasteiger partial charge is 0.484 e. The fraction of sp³-hybridized carbons (Fsp3) is 0.286. The molecule has 0 bridgehead atoms. The van der Waals surface area contributed by atoms with E-state index in [0.717, 1.165) is 22.3 Å². The first-order valence-electron chi connectivity index (χ1n) is 11.4. The third kappa shape index (κ3) is 7.35. The van der Waals surface area contributed by atoms with Crippen molar-refractivity contribution in [2.45, 2.75) is 39.8 Å². The zero-order valence-corrected chi connectivity index (χ0v) is 20.6. The quantitative estimate of drug-likeness (QED) is 0.440. The Morgan fingerprint density at radius 1 is 0.941 bits per heavy atom. The Labute approximate surface area is 206 Å². The molecule has 6 heteroatoms. The van der Waals surface area contributed by atoms with Gasteiger partial charge in [0.15, 0.2) is 6.61 Å². The second-order valence-corrected chi connectivity index (χ2v) is 8.80. The molecule has 0 fully saturated rings. The maximum absolute atomic E-state index is 13.5. The minimum atomic E-state index is -0.687. The third-order valence-electron chi connectivity index (χ3n) is 5.45. The van der Waals surface area contributed by atoms with Gasteiger partial charge in [-0.3, -0.25) is 9.59 Å². The van der Waals surface area contributed by atoms with E-state index in [2.05, 4.69) is 5.32 Å². The Kier molecular flexibility index (Phi) is 9.11. The summed E-state index contributed by atoms with van der Waals surface area (Å²) in [6.45, 7) is 6.42. The van der Waals surface area contributed by atoms with Gasteiger partial charge in [-0.05, 0) is 67.3 Å². The SMILES string of the molecule is CCNC(=O)[C@@H](Cc1ccccc1)N(Cc1ccc(Cl)cc1)C(=O)COc1cc(C)cc(C)c1. The van der Waals surface area contributed by atoms with Crippen LogP contribution in [0.4, 0.5) is 0 Å². The first kappa shape index (κ1) is 25.3. The second-order valence-electron chi connectivity index (χ2n) is 8.36. The van der Waals surface area contributed by atoms with Crippen molar-refractivity contribution in [3.8, 4) is 5.75 Å². The lowest BCUT2D eigenvalue weighted by Gasteiger charge is -2.31. The van der Waals surface area contributed by atoms with E-state index >= 15 is 0 Å². The van der Waals surface area contributed by atoms with Gasteiger partial charge in [0.25, 0.3) is 5.91 Å². The number of ether oxygens (including phenoxy) is 1. The van der Waals surface area contributed by atoms with Gasteiger partial charge >= 0.3 is 0 Å². The number of aryl methyl sites for hydroxylation is 2. The minimum Gasteiger partial charge on any atom is -0.484 e. The Balaban J connectivity index is 1.89. The monoisotopic (exact) mass is 478 g/mol. The molecule has 0 unspecified atom stereocenters. The van der Waals surface area contributed by atoms with Crippen LogP contribution in [0.15, 0.2) is 72.8 Å². The molecule has 0 aliphatic heterocycles. The molecule has 3 aromatic rings. The zero-order valence-electron chi connectivity index (χ0n) is 19.9. The standard InChI is InChI=1S/C28H31ClN2O3/c1-4-30-28(33)26(17-22-8-6-5-7-9-22)31(18-23-10-12-24(29)13-11-23)27(32)19-34-25-15-20(2)14-21(3)16-25/h5-16,26H,4,17-19H2,1-3H3,(H,30,33)/t26-/m1/s1. The topological polar surface area (TPSA) is 58.6 Å². The number of hydrogen-bond donors (Lipinski definition) is 1. The van der Waals surface area contributed by atoms with E-state index < -0.39 is 6.04 Å². The summed E-state index contributed by atoms with van der Waals surface area (Å²) in [4.78, 5) is 28.2. The summed E-state index contributed by atoms with van der Waals surface area (Å²) in [5.41, 5.74) is 3.98. The average molecular weight is 479 g/mol. The predicted molar refractivity (Wildman–Crippen MR) is 136 cm³/mol. The molecule has 0 aliphatic carbocycles. The number of rotatable bonds is 10. The molecule has 2 amide bonds. The van der Waals surface area contributed by atoms with Crippen LogP contribution in [0.3, 0.4) is 0 Å². The van der Waals surface area contributed by atoms with E-state index in [1.54, 1.807) is 17.0 Å². The molecule has 0 radical (unpaired) electrons. The number of halogens is 1. The first-order chi connectivity index (χ1) is 16.4. The normalized spacial score (nSPS) is 11.5. The number of carbonyl (C=O) groups is 2. The summed E-state index contributed by atoms with van der Waals surface area (Å²) in [6.07, 6.45) is 0.398. The lowest BCUT2D eigenvalue weighted by Crippen LogP contribution is -2.51. The molecular formula is C28H31ClN2O3.